The number of nitrogens with one attached hydrogen (secondary N) is 1. The lowest BCUT2D eigenvalue weighted by atomic mass is 9.93. The summed E-state index contributed by atoms with van der Waals surface area (Å²) >= 11 is 5.96. The molecule has 0 spiro atoms. The van der Waals surface area contributed by atoms with Crippen molar-refractivity contribution in [3.8, 4) is 11.3 Å². The molecule has 1 aromatic carbocycles. The number of amides is 1. The molecule has 0 atom stereocenters. The highest BCUT2D eigenvalue weighted by molar-refractivity contribution is 6.30. The van der Waals surface area contributed by atoms with Crippen LogP contribution < -0.4 is 11.1 Å². The quantitative estimate of drug-likeness (QED) is 0.826. The van der Waals surface area contributed by atoms with Crippen LogP contribution >= 0.6 is 24.0 Å². The summed E-state index contributed by atoms with van der Waals surface area (Å²) in [5.41, 5.74) is 6.74. The highest BCUT2D eigenvalue weighted by atomic mass is 35.5. The van der Waals surface area contributed by atoms with Crippen LogP contribution in [0.3, 0.4) is 0 Å². The van der Waals surface area contributed by atoms with Crippen molar-refractivity contribution in [2.75, 3.05) is 6.54 Å². The smallest absolute Gasteiger partial charge is 0.290 e. The Kier molecular flexibility index (Phi) is 7.06. The van der Waals surface area contributed by atoms with Crippen molar-refractivity contribution in [1.82, 2.24) is 10.5 Å². The number of benzene rings is 1. The molecule has 1 aromatic heterocycles. The molecular weight excluding hydrogens is 337 g/mol. The zero-order chi connectivity index (χ0) is 16.2. The number of halogens is 2. The van der Waals surface area contributed by atoms with Gasteiger partial charge in [0.2, 0.25) is 5.76 Å². The Morgan fingerprint density at radius 1 is 1.35 bits per heavy atom. The molecule has 7 heteroatoms. The number of nitrogens with two attached hydrogens (primary N) is 1. The van der Waals surface area contributed by atoms with Gasteiger partial charge in [0.05, 0.1) is 5.54 Å². The molecule has 1 amide bonds. The highest BCUT2D eigenvalue weighted by Crippen LogP contribution is 2.23. The number of nitrogens with zero attached hydrogens (tertiary/aromatic N) is 1. The fraction of sp³-hybridized carbons (Fsp3) is 0.375. The lowest BCUT2D eigenvalue weighted by Crippen LogP contribution is -2.52. The van der Waals surface area contributed by atoms with Crippen molar-refractivity contribution in [1.29, 1.82) is 0 Å². The monoisotopic (exact) mass is 357 g/mol. The summed E-state index contributed by atoms with van der Waals surface area (Å²) < 4.78 is 5.15. The first kappa shape index (κ1) is 19.5. The Hall–Kier alpha value is -1.56. The van der Waals surface area contributed by atoms with Crippen LogP contribution in [0.5, 0.6) is 0 Å². The molecule has 0 fully saturated rings. The SMILES string of the molecule is CCC(CC)(CN)NC(=O)c1cc(-c2cccc(Cl)c2)no1.Cl. The topological polar surface area (TPSA) is 81.1 Å². The van der Waals surface area contributed by atoms with Gasteiger partial charge in [0.1, 0.15) is 5.69 Å². The zero-order valence-corrected chi connectivity index (χ0v) is 14.7. The van der Waals surface area contributed by atoms with E-state index in [2.05, 4.69) is 10.5 Å². The predicted octanol–water partition coefficient (Wildman–Crippen LogP) is 3.66. The summed E-state index contributed by atoms with van der Waals surface area (Å²) in [7, 11) is 0. The van der Waals surface area contributed by atoms with E-state index in [-0.39, 0.29) is 24.1 Å². The van der Waals surface area contributed by atoms with E-state index in [9.17, 15) is 4.79 Å². The summed E-state index contributed by atoms with van der Waals surface area (Å²) in [6.07, 6.45) is 1.50. The van der Waals surface area contributed by atoms with Crippen molar-refractivity contribution in [2.45, 2.75) is 32.2 Å². The van der Waals surface area contributed by atoms with Crippen LogP contribution in [0.4, 0.5) is 0 Å². The number of hydrogen-bond acceptors (Lipinski definition) is 4. The first-order chi connectivity index (χ1) is 10.5. The fourth-order valence-corrected chi connectivity index (χ4v) is 2.43. The summed E-state index contributed by atoms with van der Waals surface area (Å²) in [6, 6.07) is 8.82. The van der Waals surface area contributed by atoms with Crippen molar-refractivity contribution >= 4 is 29.9 Å². The van der Waals surface area contributed by atoms with Crippen molar-refractivity contribution in [2.24, 2.45) is 5.73 Å². The van der Waals surface area contributed by atoms with Gasteiger partial charge in [-0.05, 0) is 25.0 Å². The van der Waals surface area contributed by atoms with E-state index in [1.807, 2.05) is 26.0 Å². The third-order valence-electron chi connectivity index (χ3n) is 3.98. The minimum absolute atomic E-state index is 0. The van der Waals surface area contributed by atoms with Gasteiger partial charge in [-0.2, -0.15) is 0 Å². The average molecular weight is 358 g/mol. The molecule has 0 saturated heterocycles. The summed E-state index contributed by atoms with van der Waals surface area (Å²) in [5.74, 6) is -0.148. The molecule has 3 N–H and O–H groups in total. The molecule has 0 aliphatic heterocycles. The van der Waals surface area contributed by atoms with Gasteiger partial charge in [0, 0.05) is 23.2 Å². The van der Waals surface area contributed by atoms with Crippen LogP contribution in [0.25, 0.3) is 11.3 Å². The van der Waals surface area contributed by atoms with Crippen molar-refractivity contribution < 1.29 is 9.32 Å². The lowest BCUT2D eigenvalue weighted by Gasteiger charge is -2.30. The number of hydrogen-bond donors (Lipinski definition) is 2. The van der Waals surface area contributed by atoms with E-state index in [4.69, 9.17) is 21.9 Å². The molecule has 23 heavy (non-hydrogen) atoms. The van der Waals surface area contributed by atoms with E-state index in [0.29, 0.717) is 17.3 Å². The van der Waals surface area contributed by atoms with Gasteiger partial charge >= 0.3 is 0 Å². The minimum atomic E-state index is -0.417. The summed E-state index contributed by atoms with van der Waals surface area (Å²) in [4.78, 5) is 12.3. The number of aromatic nitrogens is 1. The average Bonchev–Trinajstić information content (AvgIpc) is 3.03. The first-order valence-corrected chi connectivity index (χ1v) is 7.66. The van der Waals surface area contributed by atoms with E-state index < -0.39 is 5.54 Å². The molecule has 0 aliphatic carbocycles. The maximum Gasteiger partial charge on any atom is 0.290 e. The van der Waals surface area contributed by atoms with Gasteiger partial charge in [-0.3, -0.25) is 4.79 Å². The molecule has 0 unspecified atom stereocenters. The molecule has 0 aliphatic rings. The van der Waals surface area contributed by atoms with E-state index in [1.165, 1.54) is 0 Å². The maximum absolute atomic E-state index is 12.3. The number of rotatable bonds is 6. The Morgan fingerprint density at radius 3 is 2.61 bits per heavy atom. The standard InChI is InChI=1S/C16H20ClN3O2.ClH/c1-3-16(4-2,10-18)19-15(21)14-9-13(20-22-14)11-6-5-7-12(17)8-11;/h5-9H,3-4,10,18H2,1-2H3,(H,19,21);1H. The normalized spacial score (nSPS) is 11.0. The van der Waals surface area contributed by atoms with Crippen LogP contribution in [-0.4, -0.2) is 23.1 Å². The summed E-state index contributed by atoms with van der Waals surface area (Å²) in [5, 5.41) is 7.48. The summed E-state index contributed by atoms with van der Waals surface area (Å²) in [6.45, 7) is 4.36. The lowest BCUT2D eigenvalue weighted by molar-refractivity contribution is 0.0857. The van der Waals surface area contributed by atoms with Crippen LogP contribution in [0.2, 0.25) is 5.02 Å². The molecule has 1 heterocycles. The van der Waals surface area contributed by atoms with Crippen LogP contribution in [0.1, 0.15) is 37.2 Å². The second-order valence-electron chi connectivity index (χ2n) is 5.23. The maximum atomic E-state index is 12.3. The molecule has 0 radical (unpaired) electrons. The molecule has 0 saturated carbocycles. The van der Waals surface area contributed by atoms with Gasteiger partial charge in [0.25, 0.3) is 5.91 Å². The van der Waals surface area contributed by atoms with Gasteiger partial charge in [-0.25, -0.2) is 0 Å². The third-order valence-corrected chi connectivity index (χ3v) is 4.21. The van der Waals surface area contributed by atoms with E-state index in [0.717, 1.165) is 18.4 Å². The van der Waals surface area contributed by atoms with Gasteiger partial charge in [0.15, 0.2) is 0 Å². The Balaban J connectivity index is 0.00000264. The third kappa shape index (κ3) is 4.47. The highest BCUT2D eigenvalue weighted by Gasteiger charge is 2.28. The van der Waals surface area contributed by atoms with Crippen molar-refractivity contribution in [3.63, 3.8) is 0 Å². The number of carbonyl (C=O) groups excluding carboxylic acids is 1. The Labute approximate surface area is 147 Å². The predicted molar refractivity (Wildman–Crippen MR) is 94.0 cm³/mol. The molecular formula is C16H21Cl2N3O2. The fourth-order valence-electron chi connectivity index (χ4n) is 2.23. The van der Waals surface area contributed by atoms with Crippen LogP contribution in [-0.2, 0) is 0 Å². The molecule has 2 rings (SSSR count). The van der Waals surface area contributed by atoms with Crippen molar-refractivity contribution in [3.05, 3.63) is 41.1 Å². The second-order valence-corrected chi connectivity index (χ2v) is 5.67. The van der Waals surface area contributed by atoms with E-state index in [1.54, 1.807) is 18.2 Å². The molecule has 2 aromatic rings. The Bertz CT molecular complexity index is 646. The molecule has 5 nitrogen and oxygen atoms in total. The van der Waals surface area contributed by atoms with Crippen LogP contribution in [0.15, 0.2) is 34.9 Å². The minimum Gasteiger partial charge on any atom is -0.350 e. The van der Waals surface area contributed by atoms with Gasteiger partial charge in [-0.15, -0.1) is 12.4 Å². The Morgan fingerprint density at radius 2 is 2.04 bits per heavy atom. The van der Waals surface area contributed by atoms with Crippen LogP contribution in [0, 0.1) is 0 Å². The second kappa shape index (κ2) is 8.34. The largest absolute Gasteiger partial charge is 0.350 e. The molecule has 0 bridgehead atoms. The van der Waals surface area contributed by atoms with Gasteiger partial charge in [-0.1, -0.05) is 42.7 Å². The van der Waals surface area contributed by atoms with E-state index >= 15 is 0 Å². The zero-order valence-electron chi connectivity index (χ0n) is 13.1. The first-order valence-electron chi connectivity index (χ1n) is 7.29. The molecule has 126 valence electrons. The van der Waals surface area contributed by atoms with Gasteiger partial charge < -0.3 is 15.6 Å². The number of carbonyl (C=O) groups is 1.